The second-order valence-electron chi connectivity index (χ2n) is 1.04. The Morgan fingerprint density at radius 2 is 1.11 bits per heavy atom. The Bertz CT molecular complexity index is 79.3. The normalized spacial score (nSPS) is 5.78. The van der Waals surface area contributed by atoms with E-state index in [2.05, 4.69) is 25.3 Å². The molecule has 0 radical (unpaired) electrons. The van der Waals surface area contributed by atoms with Gasteiger partial charge in [0, 0.05) is 13.8 Å². The summed E-state index contributed by atoms with van der Waals surface area (Å²) in [6.07, 6.45) is 0. The standard InChI is InChI=1S/2C2H4OS.K.H/c2*1-2(3)4;;/h2*1H3,(H,3,4);;/q;;+1;-1. The minimum Gasteiger partial charge on any atom is -1.00 e. The SMILES string of the molecule is CC(=O)S.CC(=O)S.[H-].[K+]. The van der Waals surface area contributed by atoms with Crippen LogP contribution in [0, 0.1) is 0 Å². The Hall–Kier alpha value is 1.68. The van der Waals surface area contributed by atoms with Crippen LogP contribution in [0.1, 0.15) is 15.3 Å². The smallest absolute Gasteiger partial charge is 1.00 e. The minimum absolute atomic E-state index is 0. The van der Waals surface area contributed by atoms with Crippen LogP contribution in [0.3, 0.4) is 0 Å². The van der Waals surface area contributed by atoms with Crippen LogP contribution in [0.4, 0.5) is 0 Å². The average Bonchev–Trinajstić information content (AvgIpc) is 1.25. The first-order valence-corrected chi connectivity index (χ1v) is 2.75. The van der Waals surface area contributed by atoms with Gasteiger partial charge in [0.2, 0.25) is 0 Å². The minimum atomic E-state index is -0.139. The fourth-order valence-electron chi connectivity index (χ4n) is 0. The predicted octanol–water partition coefficient (Wildman–Crippen LogP) is -1.96. The van der Waals surface area contributed by atoms with Gasteiger partial charge in [-0.05, 0) is 0 Å². The van der Waals surface area contributed by atoms with Crippen LogP contribution in [0.25, 0.3) is 0 Å². The molecule has 0 saturated heterocycles. The molecule has 0 spiro atoms. The van der Waals surface area contributed by atoms with Crippen LogP contribution in [0.2, 0.25) is 0 Å². The molecule has 0 aliphatic rings. The van der Waals surface area contributed by atoms with Crippen LogP contribution >= 0.6 is 25.3 Å². The molecule has 0 amide bonds. The van der Waals surface area contributed by atoms with E-state index >= 15 is 0 Å². The predicted molar refractivity (Wildman–Crippen MR) is 40.4 cm³/mol. The molecule has 0 heterocycles. The van der Waals surface area contributed by atoms with Gasteiger partial charge in [-0.25, -0.2) is 0 Å². The van der Waals surface area contributed by atoms with E-state index < -0.39 is 0 Å². The van der Waals surface area contributed by atoms with Crippen LogP contribution < -0.4 is 51.4 Å². The summed E-state index contributed by atoms with van der Waals surface area (Å²) in [5.41, 5.74) is 0. The van der Waals surface area contributed by atoms with E-state index in [0.717, 1.165) is 0 Å². The van der Waals surface area contributed by atoms with E-state index in [0.29, 0.717) is 0 Å². The number of hydrogen-bond acceptors (Lipinski definition) is 2. The molecular formula is C4H9KO2S2. The van der Waals surface area contributed by atoms with Crippen molar-refractivity contribution in [2.24, 2.45) is 0 Å². The zero-order chi connectivity index (χ0) is 7.15. The monoisotopic (exact) mass is 192 g/mol. The summed E-state index contributed by atoms with van der Waals surface area (Å²) < 4.78 is 0. The van der Waals surface area contributed by atoms with Gasteiger partial charge < -0.3 is 1.43 Å². The van der Waals surface area contributed by atoms with E-state index in [-0.39, 0.29) is 63.0 Å². The Morgan fingerprint density at radius 1 is 1.11 bits per heavy atom. The Labute approximate surface area is 110 Å². The molecule has 2 nitrogen and oxygen atoms in total. The largest absolute Gasteiger partial charge is 1.00 e. The molecule has 0 aromatic carbocycles. The first-order valence-electron chi connectivity index (χ1n) is 1.86. The first kappa shape index (κ1) is 17.0. The third kappa shape index (κ3) is 203. The van der Waals surface area contributed by atoms with Crippen molar-refractivity contribution < 1.29 is 62.4 Å². The van der Waals surface area contributed by atoms with Crippen molar-refractivity contribution in [2.75, 3.05) is 0 Å². The van der Waals surface area contributed by atoms with Crippen molar-refractivity contribution in [1.82, 2.24) is 0 Å². The summed E-state index contributed by atoms with van der Waals surface area (Å²) in [4.78, 5) is 18.6. The molecule has 0 rings (SSSR count). The summed E-state index contributed by atoms with van der Waals surface area (Å²) in [5.74, 6) is 0. The van der Waals surface area contributed by atoms with E-state index in [1.807, 2.05) is 0 Å². The van der Waals surface area contributed by atoms with Crippen molar-refractivity contribution in [3.8, 4) is 0 Å². The van der Waals surface area contributed by atoms with Gasteiger partial charge in [0.1, 0.15) is 0 Å². The molecule has 0 bridgehead atoms. The van der Waals surface area contributed by atoms with Crippen molar-refractivity contribution in [3.63, 3.8) is 0 Å². The number of carbonyl (C=O) groups excluding carboxylic acids is 2. The molecule has 0 unspecified atom stereocenters. The Balaban J connectivity index is -0.0000000300. The first-order chi connectivity index (χ1) is 3.46. The molecule has 0 atom stereocenters. The average molecular weight is 192 g/mol. The summed E-state index contributed by atoms with van der Waals surface area (Å²) in [5, 5.41) is -0.278. The van der Waals surface area contributed by atoms with Crippen molar-refractivity contribution >= 4 is 35.5 Å². The maximum atomic E-state index is 9.31. The maximum Gasteiger partial charge on any atom is 1.00 e. The number of rotatable bonds is 0. The van der Waals surface area contributed by atoms with Crippen molar-refractivity contribution in [2.45, 2.75) is 13.8 Å². The summed E-state index contributed by atoms with van der Waals surface area (Å²) >= 11 is 6.65. The van der Waals surface area contributed by atoms with E-state index in [9.17, 15) is 9.59 Å². The van der Waals surface area contributed by atoms with Crippen LogP contribution in [0.15, 0.2) is 0 Å². The van der Waals surface area contributed by atoms with Gasteiger partial charge in [0.25, 0.3) is 0 Å². The molecule has 50 valence electrons. The quantitative estimate of drug-likeness (QED) is 0.345. The third-order valence-electron chi connectivity index (χ3n) is 0. The zero-order valence-corrected chi connectivity index (χ0v) is 10.6. The van der Waals surface area contributed by atoms with Crippen LogP contribution in [-0.2, 0) is 9.59 Å². The van der Waals surface area contributed by atoms with E-state index in [1.54, 1.807) is 0 Å². The molecular weight excluding hydrogens is 183 g/mol. The van der Waals surface area contributed by atoms with Crippen molar-refractivity contribution in [1.29, 1.82) is 0 Å². The van der Waals surface area contributed by atoms with Gasteiger partial charge >= 0.3 is 51.4 Å². The summed E-state index contributed by atoms with van der Waals surface area (Å²) in [7, 11) is 0. The topological polar surface area (TPSA) is 34.1 Å². The van der Waals surface area contributed by atoms with Crippen molar-refractivity contribution in [3.05, 3.63) is 0 Å². The fourth-order valence-corrected chi connectivity index (χ4v) is 0. The molecule has 0 N–H and O–H groups in total. The molecule has 0 saturated carbocycles. The van der Waals surface area contributed by atoms with E-state index in [4.69, 9.17) is 0 Å². The van der Waals surface area contributed by atoms with E-state index in [1.165, 1.54) is 13.8 Å². The molecule has 5 heteroatoms. The molecule has 0 aromatic heterocycles. The van der Waals surface area contributed by atoms with Crippen LogP contribution in [-0.4, -0.2) is 10.2 Å². The Morgan fingerprint density at radius 3 is 1.11 bits per heavy atom. The molecule has 0 aromatic rings. The second-order valence-corrected chi connectivity index (χ2v) is 2.30. The summed E-state index contributed by atoms with van der Waals surface area (Å²) in [6.45, 7) is 2.78. The van der Waals surface area contributed by atoms with Gasteiger partial charge in [-0.15, -0.1) is 25.3 Å². The molecule has 0 aliphatic heterocycles. The van der Waals surface area contributed by atoms with Gasteiger partial charge in [-0.1, -0.05) is 0 Å². The number of carbonyl (C=O) groups is 2. The zero-order valence-electron chi connectivity index (χ0n) is 6.71. The van der Waals surface area contributed by atoms with Gasteiger partial charge in [0.05, 0.1) is 0 Å². The fraction of sp³-hybridized carbons (Fsp3) is 0.500. The maximum absolute atomic E-state index is 9.31. The number of hydrogen-bond donors (Lipinski definition) is 2. The molecule has 0 aliphatic carbocycles. The van der Waals surface area contributed by atoms with Gasteiger partial charge in [-0.3, -0.25) is 9.59 Å². The molecule has 9 heavy (non-hydrogen) atoms. The second kappa shape index (κ2) is 12.4. The van der Waals surface area contributed by atoms with Crippen LogP contribution in [0.5, 0.6) is 0 Å². The Kier molecular flexibility index (Phi) is 23.3. The number of thiol groups is 2. The summed E-state index contributed by atoms with van der Waals surface area (Å²) in [6, 6.07) is 0. The molecule has 0 fully saturated rings. The third-order valence-corrected chi connectivity index (χ3v) is 0. The van der Waals surface area contributed by atoms with Gasteiger partial charge in [0.15, 0.2) is 10.2 Å². The van der Waals surface area contributed by atoms with Gasteiger partial charge in [-0.2, -0.15) is 0 Å².